The van der Waals surface area contributed by atoms with E-state index in [9.17, 15) is 14.9 Å². The van der Waals surface area contributed by atoms with Crippen LogP contribution in [0.5, 0.6) is 0 Å². The Balaban J connectivity index is 1.89. The van der Waals surface area contributed by atoms with Gasteiger partial charge in [-0.1, -0.05) is 6.92 Å². The fourth-order valence-electron chi connectivity index (χ4n) is 1.45. The summed E-state index contributed by atoms with van der Waals surface area (Å²) in [5.74, 6) is 0.566. The third-order valence-corrected chi connectivity index (χ3v) is 3.48. The number of thioether (sulfide) groups is 1. The number of hydrogen-bond donors (Lipinski definition) is 1. The van der Waals surface area contributed by atoms with Gasteiger partial charge < -0.3 is 5.32 Å². The Kier molecular flexibility index (Phi) is 3.33. The second-order valence-electron chi connectivity index (χ2n) is 4.10. The van der Waals surface area contributed by atoms with Crippen molar-refractivity contribution in [3.8, 4) is 0 Å². The molecular formula is C11H12N2O3S. The van der Waals surface area contributed by atoms with Crippen molar-refractivity contribution in [1.82, 2.24) is 5.32 Å². The molecule has 0 saturated heterocycles. The Labute approximate surface area is 103 Å². The van der Waals surface area contributed by atoms with Gasteiger partial charge in [-0.05, 0) is 36.2 Å². The summed E-state index contributed by atoms with van der Waals surface area (Å²) < 4.78 is 0. The van der Waals surface area contributed by atoms with Crippen LogP contribution in [0.25, 0.3) is 0 Å². The van der Waals surface area contributed by atoms with Crippen LogP contribution >= 0.6 is 11.8 Å². The van der Waals surface area contributed by atoms with Crippen LogP contribution in [0.3, 0.4) is 0 Å². The highest BCUT2D eigenvalue weighted by atomic mass is 32.2. The van der Waals surface area contributed by atoms with Crippen molar-refractivity contribution in [3.63, 3.8) is 0 Å². The fourth-order valence-corrected chi connectivity index (χ4v) is 2.14. The number of amides is 1. The van der Waals surface area contributed by atoms with Crippen molar-refractivity contribution in [3.05, 3.63) is 34.4 Å². The second-order valence-corrected chi connectivity index (χ2v) is 5.15. The lowest BCUT2D eigenvalue weighted by molar-refractivity contribution is -0.384. The normalized spacial score (nSPS) is 21.9. The Bertz CT molecular complexity index is 447. The molecule has 6 heteroatoms. The van der Waals surface area contributed by atoms with Gasteiger partial charge in [-0.15, -0.1) is 0 Å². The van der Waals surface area contributed by atoms with Crippen LogP contribution in [0.15, 0.2) is 29.2 Å². The van der Waals surface area contributed by atoms with Crippen LogP contribution in [0.4, 0.5) is 10.5 Å². The molecule has 90 valence electrons. The molecule has 1 amide bonds. The van der Waals surface area contributed by atoms with E-state index >= 15 is 0 Å². The van der Waals surface area contributed by atoms with Crippen LogP contribution in [0.1, 0.15) is 13.3 Å². The number of nitrogens with one attached hydrogen (secondary N) is 1. The highest BCUT2D eigenvalue weighted by Crippen LogP contribution is 2.30. The lowest BCUT2D eigenvalue weighted by atomic mass is 10.3. The molecule has 0 aromatic heterocycles. The molecule has 0 heterocycles. The van der Waals surface area contributed by atoms with Crippen LogP contribution in [-0.2, 0) is 0 Å². The molecule has 2 atom stereocenters. The molecule has 5 nitrogen and oxygen atoms in total. The van der Waals surface area contributed by atoms with E-state index in [0.717, 1.165) is 18.2 Å². The highest BCUT2D eigenvalue weighted by Gasteiger charge is 2.33. The molecule has 2 rings (SSSR count). The van der Waals surface area contributed by atoms with Crippen LogP contribution in [-0.4, -0.2) is 16.2 Å². The van der Waals surface area contributed by atoms with Crippen LogP contribution in [0.2, 0.25) is 0 Å². The van der Waals surface area contributed by atoms with Crippen molar-refractivity contribution in [1.29, 1.82) is 0 Å². The number of nitro benzene ring substituents is 1. The number of carbonyl (C=O) groups excluding carboxylic acids is 1. The third-order valence-electron chi connectivity index (χ3n) is 2.67. The van der Waals surface area contributed by atoms with Gasteiger partial charge in [0.25, 0.3) is 10.9 Å². The van der Waals surface area contributed by atoms with E-state index < -0.39 is 4.92 Å². The number of nitrogens with zero attached hydrogens (tertiary/aromatic N) is 1. The lowest BCUT2D eigenvalue weighted by Crippen LogP contribution is -2.21. The van der Waals surface area contributed by atoms with Crippen molar-refractivity contribution in [2.75, 3.05) is 0 Å². The van der Waals surface area contributed by atoms with Crippen LogP contribution in [0, 0.1) is 16.0 Å². The number of carbonyl (C=O) groups is 1. The average Bonchev–Trinajstić information content (AvgIpc) is 2.94. The molecule has 1 fully saturated rings. The average molecular weight is 252 g/mol. The molecule has 1 aromatic rings. The Morgan fingerprint density at radius 2 is 2.06 bits per heavy atom. The van der Waals surface area contributed by atoms with Gasteiger partial charge in [0.1, 0.15) is 0 Å². The van der Waals surface area contributed by atoms with E-state index in [1.165, 1.54) is 12.1 Å². The van der Waals surface area contributed by atoms with Gasteiger partial charge >= 0.3 is 0 Å². The SMILES string of the molecule is CC1CC1NC(=O)Sc1ccc([N+](=O)[O-])cc1. The maximum atomic E-state index is 11.5. The van der Waals surface area contributed by atoms with Crippen molar-refractivity contribution in [2.24, 2.45) is 5.92 Å². The zero-order chi connectivity index (χ0) is 12.4. The van der Waals surface area contributed by atoms with Crippen molar-refractivity contribution in [2.45, 2.75) is 24.3 Å². The van der Waals surface area contributed by atoms with Gasteiger partial charge in [0, 0.05) is 23.1 Å². The molecule has 1 saturated carbocycles. The first-order valence-corrected chi connectivity index (χ1v) is 6.10. The van der Waals surface area contributed by atoms with E-state index in [4.69, 9.17) is 0 Å². The number of nitro groups is 1. The number of rotatable bonds is 3. The molecule has 1 aromatic carbocycles. The maximum absolute atomic E-state index is 11.5. The molecule has 0 aliphatic heterocycles. The van der Waals surface area contributed by atoms with Crippen molar-refractivity contribution < 1.29 is 9.72 Å². The molecular weight excluding hydrogens is 240 g/mol. The quantitative estimate of drug-likeness (QED) is 0.510. The topological polar surface area (TPSA) is 72.2 Å². The van der Waals surface area contributed by atoms with E-state index in [1.54, 1.807) is 12.1 Å². The molecule has 1 aliphatic carbocycles. The minimum absolute atomic E-state index is 0.0329. The number of hydrogen-bond acceptors (Lipinski definition) is 4. The third kappa shape index (κ3) is 3.20. The molecule has 17 heavy (non-hydrogen) atoms. The molecule has 0 spiro atoms. The van der Waals surface area contributed by atoms with E-state index in [2.05, 4.69) is 12.2 Å². The summed E-state index contributed by atoms with van der Waals surface area (Å²) in [6.45, 7) is 2.08. The Morgan fingerprint density at radius 3 is 2.53 bits per heavy atom. The number of benzene rings is 1. The van der Waals surface area contributed by atoms with Gasteiger partial charge in [0.15, 0.2) is 0 Å². The zero-order valence-electron chi connectivity index (χ0n) is 9.25. The second kappa shape index (κ2) is 4.75. The van der Waals surface area contributed by atoms with E-state index in [1.807, 2.05) is 0 Å². The van der Waals surface area contributed by atoms with Crippen molar-refractivity contribution >= 4 is 22.7 Å². The fraction of sp³-hybridized carbons (Fsp3) is 0.364. The van der Waals surface area contributed by atoms with Gasteiger partial charge in [-0.3, -0.25) is 14.9 Å². The Morgan fingerprint density at radius 1 is 1.47 bits per heavy atom. The monoisotopic (exact) mass is 252 g/mol. The predicted octanol–water partition coefficient (Wildman–Crippen LogP) is 2.80. The lowest BCUT2D eigenvalue weighted by Gasteiger charge is -2.02. The first-order valence-electron chi connectivity index (χ1n) is 5.29. The van der Waals surface area contributed by atoms with Gasteiger partial charge in [0.2, 0.25) is 0 Å². The summed E-state index contributed by atoms with van der Waals surface area (Å²) in [6, 6.07) is 6.26. The Hall–Kier alpha value is -1.56. The molecule has 1 N–H and O–H groups in total. The zero-order valence-corrected chi connectivity index (χ0v) is 10.1. The molecule has 0 bridgehead atoms. The van der Waals surface area contributed by atoms with Crippen LogP contribution < -0.4 is 5.32 Å². The predicted molar refractivity (Wildman–Crippen MR) is 65.1 cm³/mol. The summed E-state index contributed by atoms with van der Waals surface area (Å²) in [6.07, 6.45) is 1.03. The molecule has 1 aliphatic rings. The highest BCUT2D eigenvalue weighted by molar-refractivity contribution is 8.13. The summed E-state index contributed by atoms with van der Waals surface area (Å²) in [5, 5.41) is 13.2. The van der Waals surface area contributed by atoms with E-state index in [0.29, 0.717) is 16.9 Å². The summed E-state index contributed by atoms with van der Waals surface area (Å²) in [7, 11) is 0. The van der Waals surface area contributed by atoms with E-state index in [-0.39, 0.29) is 10.9 Å². The van der Waals surface area contributed by atoms with Gasteiger partial charge in [-0.2, -0.15) is 0 Å². The first-order chi connectivity index (χ1) is 8.06. The molecule has 0 radical (unpaired) electrons. The van der Waals surface area contributed by atoms with Gasteiger partial charge in [0.05, 0.1) is 4.92 Å². The largest absolute Gasteiger partial charge is 0.344 e. The smallest absolute Gasteiger partial charge is 0.284 e. The molecule has 2 unspecified atom stereocenters. The van der Waals surface area contributed by atoms with Gasteiger partial charge in [-0.25, -0.2) is 0 Å². The number of non-ortho nitro benzene ring substituents is 1. The summed E-state index contributed by atoms with van der Waals surface area (Å²) in [5.41, 5.74) is 0.0329. The minimum atomic E-state index is -0.458. The maximum Gasteiger partial charge on any atom is 0.284 e. The first kappa shape index (κ1) is 11.9. The summed E-state index contributed by atoms with van der Waals surface area (Å²) in [4.78, 5) is 22.2. The summed E-state index contributed by atoms with van der Waals surface area (Å²) >= 11 is 1.06. The minimum Gasteiger partial charge on any atom is -0.344 e. The standard InChI is InChI=1S/C11H12N2O3S/c1-7-6-10(7)12-11(14)17-9-4-2-8(3-5-9)13(15)16/h2-5,7,10H,6H2,1H3,(H,12,14).